The van der Waals surface area contributed by atoms with Crippen LogP contribution in [0.2, 0.25) is 0 Å². The molecule has 0 aliphatic carbocycles. The Morgan fingerprint density at radius 1 is 1.19 bits per heavy atom. The molecule has 1 aromatic carbocycles. The zero-order valence-corrected chi connectivity index (χ0v) is 13.3. The molecule has 0 aliphatic rings. The summed E-state index contributed by atoms with van der Waals surface area (Å²) in [7, 11) is 0. The van der Waals surface area contributed by atoms with Crippen molar-refractivity contribution < 1.29 is 14.3 Å². The molecule has 0 spiro atoms. The SMILES string of the molecule is Cc1cc(C(C)NC(=O)NC(C)C(C)CO)cc(C)c1F. The Hall–Kier alpha value is -1.62. The summed E-state index contributed by atoms with van der Waals surface area (Å²) >= 11 is 0. The number of hydrogen-bond acceptors (Lipinski definition) is 2. The molecule has 0 heterocycles. The predicted octanol–water partition coefficient (Wildman–Crippen LogP) is 2.82. The maximum atomic E-state index is 13.6. The van der Waals surface area contributed by atoms with Gasteiger partial charge in [-0.05, 0) is 50.3 Å². The first-order valence-electron chi connectivity index (χ1n) is 7.20. The minimum Gasteiger partial charge on any atom is -0.396 e. The summed E-state index contributed by atoms with van der Waals surface area (Å²) in [6.45, 7) is 9.00. The fourth-order valence-electron chi connectivity index (χ4n) is 2.06. The zero-order valence-electron chi connectivity index (χ0n) is 13.3. The Bertz CT molecular complexity index is 482. The summed E-state index contributed by atoms with van der Waals surface area (Å²) in [5.74, 6) is -0.220. The van der Waals surface area contributed by atoms with Crippen LogP contribution >= 0.6 is 0 Å². The van der Waals surface area contributed by atoms with Crippen molar-refractivity contribution in [2.24, 2.45) is 5.92 Å². The first-order valence-corrected chi connectivity index (χ1v) is 7.20. The summed E-state index contributed by atoms with van der Waals surface area (Å²) in [6, 6.07) is 2.84. The number of hydrogen-bond donors (Lipinski definition) is 3. The molecule has 0 aromatic heterocycles. The van der Waals surface area contributed by atoms with Gasteiger partial charge in [0.15, 0.2) is 0 Å². The Morgan fingerprint density at radius 2 is 1.71 bits per heavy atom. The van der Waals surface area contributed by atoms with Crippen LogP contribution in [0.4, 0.5) is 9.18 Å². The zero-order chi connectivity index (χ0) is 16.2. The van der Waals surface area contributed by atoms with Gasteiger partial charge in [0.2, 0.25) is 0 Å². The summed E-state index contributed by atoms with van der Waals surface area (Å²) < 4.78 is 13.6. The highest BCUT2D eigenvalue weighted by Crippen LogP contribution is 2.20. The smallest absolute Gasteiger partial charge is 0.315 e. The molecule has 3 atom stereocenters. The van der Waals surface area contributed by atoms with Crippen molar-refractivity contribution in [3.63, 3.8) is 0 Å². The van der Waals surface area contributed by atoms with E-state index >= 15 is 0 Å². The lowest BCUT2D eigenvalue weighted by Gasteiger charge is -2.22. The van der Waals surface area contributed by atoms with Crippen molar-refractivity contribution in [1.29, 1.82) is 0 Å². The molecule has 21 heavy (non-hydrogen) atoms. The van der Waals surface area contributed by atoms with Crippen molar-refractivity contribution in [2.45, 2.75) is 46.7 Å². The fraction of sp³-hybridized carbons (Fsp3) is 0.562. The molecule has 5 heteroatoms. The van der Waals surface area contributed by atoms with Crippen molar-refractivity contribution in [3.8, 4) is 0 Å². The van der Waals surface area contributed by atoms with Crippen LogP contribution in [0, 0.1) is 25.6 Å². The number of halogens is 1. The molecule has 0 bridgehead atoms. The summed E-state index contributed by atoms with van der Waals surface area (Å²) in [5.41, 5.74) is 2.01. The van der Waals surface area contributed by atoms with E-state index in [0.717, 1.165) is 5.56 Å². The molecule has 118 valence electrons. The number of rotatable bonds is 5. The van der Waals surface area contributed by atoms with Gasteiger partial charge in [0.1, 0.15) is 5.82 Å². The second kappa shape index (κ2) is 7.41. The van der Waals surface area contributed by atoms with Crippen LogP contribution in [0.3, 0.4) is 0 Å². The maximum Gasteiger partial charge on any atom is 0.315 e. The first kappa shape index (κ1) is 17.4. The van der Waals surface area contributed by atoms with Gasteiger partial charge in [0.25, 0.3) is 0 Å². The van der Waals surface area contributed by atoms with Gasteiger partial charge in [0.05, 0.1) is 6.04 Å². The van der Waals surface area contributed by atoms with Crippen LogP contribution < -0.4 is 10.6 Å². The number of aryl methyl sites for hydroxylation is 2. The van der Waals surface area contributed by atoms with Crippen LogP contribution in [0.15, 0.2) is 12.1 Å². The molecular weight excluding hydrogens is 271 g/mol. The molecule has 0 aliphatic heterocycles. The number of nitrogens with one attached hydrogen (secondary N) is 2. The minimum absolute atomic E-state index is 0.0126. The van der Waals surface area contributed by atoms with E-state index in [1.165, 1.54) is 0 Å². The van der Waals surface area contributed by atoms with Crippen molar-refractivity contribution >= 4 is 6.03 Å². The van der Waals surface area contributed by atoms with E-state index in [-0.39, 0.29) is 36.5 Å². The minimum atomic E-state index is -0.296. The van der Waals surface area contributed by atoms with Gasteiger partial charge in [-0.2, -0.15) is 0 Å². The molecule has 4 nitrogen and oxygen atoms in total. The number of aliphatic hydroxyl groups excluding tert-OH is 1. The van der Waals surface area contributed by atoms with Gasteiger partial charge in [-0.15, -0.1) is 0 Å². The molecule has 1 aromatic rings. The van der Waals surface area contributed by atoms with E-state index in [4.69, 9.17) is 5.11 Å². The Balaban J connectivity index is 2.69. The van der Waals surface area contributed by atoms with Gasteiger partial charge in [-0.25, -0.2) is 9.18 Å². The van der Waals surface area contributed by atoms with Crippen molar-refractivity contribution in [1.82, 2.24) is 10.6 Å². The normalized spacial score (nSPS) is 15.2. The molecule has 0 fully saturated rings. The monoisotopic (exact) mass is 296 g/mol. The van der Waals surface area contributed by atoms with E-state index in [1.807, 2.05) is 20.8 Å². The van der Waals surface area contributed by atoms with E-state index < -0.39 is 0 Å². The second-order valence-electron chi connectivity index (χ2n) is 5.76. The van der Waals surface area contributed by atoms with Gasteiger partial charge < -0.3 is 15.7 Å². The average Bonchev–Trinajstić information content (AvgIpc) is 2.42. The third kappa shape index (κ3) is 4.70. The van der Waals surface area contributed by atoms with Gasteiger partial charge in [-0.1, -0.05) is 19.1 Å². The van der Waals surface area contributed by atoms with Crippen molar-refractivity contribution in [3.05, 3.63) is 34.6 Å². The fourth-order valence-corrected chi connectivity index (χ4v) is 2.06. The van der Waals surface area contributed by atoms with E-state index in [0.29, 0.717) is 11.1 Å². The lowest BCUT2D eigenvalue weighted by Crippen LogP contribution is -2.44. The third-order valence-electron chi connectivity index (χ3n) is 3.81. The summed E-state index contributed by atoms with van der Waals surface area (Å²) in [6.07, 6.45) is 0. The third-order valence-corrected chi connectivity index (χ3v) is 3.81. The number of benzene rings is 1. The van der Waals surface area contributed by atoms with Crippen LogP contribution in [-0.2, 0) is 0 Å². The van der Waals surface area contributed by atoms with Crippen LogP contribution in [-0.4, -0.2) is 23.8 Å². The van der Waals surface area contributed by atoms with Crippen LogP contribution in [0.25, 0.3) is 0 Å². The lowest BCUT2D eigenvalue weighted by atomic mass is 10.0. The molecule has 3 N–H and O–H groups in total. The lowest BCUT2D eigenvalue weighted by molar-refractivity contribution is 0.199. The maximum absolute atomic E-state index is 13.6. The van der Waals surface area contributed by atoms with E-state index in [2.05, 4.69) is 10.6 Å². The Kier molecular flexibility index (Phi) is 6.15. The number of carbonyl (C=O) groups excluding carboxylic acids is 1. The highest BCUT2D eigenvalue weighted by Gasteiger charge is 2.16. The van der Waals surface area contributed by atoms with Crippen molar-refractivity contribution in [2.75, 3.05) is 6.61 Å². The molecular formula is C16H25FN2O2. The van der Waals surface area contributed by atoms with Gasteiger partial charge >= 0.3 is 6.03 Å². The highest BCUT2D eigenvalue weighted by molar-refractivity contribution is 5.74. The molecule has 2 amide bonds. The molecule has 0 saturated heterocycles. The van der Waals surface area contributed by atoms with E-state index in [9.17, 15) is 9.18 Å². The molecule has 0 radical (unpaired) electrons. The number of aliphatic hydroxyl groups is 1. The highest BCUT2D eigenvalue weighted by atomic mass is 19.1. The summed E-state index contributed by atoms with van der Waals surface area (Å²) in [5, 5.41) is 14.7. The van der Waals surface area contributed by atoms with Gasteiger partial charge in [0, 0.05) is 12.6 Å². The number of carbonyl (C=O) groups is 1. The summed E-state index contributed by atoms with van der Waals surface area (Å²) in [4.78, 5) is 11.9. The van der Waals surface area contributed by atoms with Crippen LogP contribution in [0.5, 0.6) is 0 Å². The Labute approximate surface area is 125 Å². The van der Waals surface area contributed by atoms with Gasteiger partial charge in [-0.3, -0.25) is 0 Å². The Morgan fingerprint density at radius 3 is 2.19 bits per heavy atom. The average molecular weight is 296 g/mol. The standard InChI is InChI=1S/C16H25FN2O2/c1-9-6-14(7-10(2)15(9)17)13(5)19-16(21)18-12(4)11(3)8-20/h6-7,11-13,20H,8H2,1-5H3,(H2,18,19,21). The quantitative estimate of drug-likeness (QED) is 0.782. The predicted molar refractivity (Wildman–Crippen MR) is 81.7 cm³/mol. The molecule has 3 unspecified atom stereocenters. The second-order valence-corrected chi connectivity index (χ2v) is 5.76. The number of urea groups is 1. The molecule has 1 rings (SSSR count). The number of amides is 2. The van der Waals surface area contributed by atoms with E-state index in [1.54, 1.807) is 26.0 Å². The first-order chi connectivity index (χ1) is 9.76. The largest absolute Gasteiger partial charge is 0.396 e. The molecule has 0 saturated carbocycles. The van der Waals surface area contributed by atoms with Crippen LogP contribution in [0.1, 0.15) is 43.5 Å². The topological polar surface area (TPSA) is 61.4 Å².